The number of carbonyl (C=O) groups is 8. The van der Waals surface area contributed by atoms with Crippen LogP contribution in [0.4, 0.5) is 0 Å². The predicted octanol–water partition coefficient (Wildman–Crippen LogP) is 8.10. The molecule has 2 heterocycles. The van der Waals surface area contributed by atoms with Gasteiger partial charge in [-0.2, -0.15) is 0 Å². The first kappa shape index (κ1) is 62.1. The molecule has 4 N–H and O–H groups in total. The number of likely N-dealkylation sites (tertiary alicyclic amines) is 2. The number of esters is 2. The van der Waals surface area contributed by atoms with Crippen molar-refractivity contribution in [1.29, 1.82) is 0 Å². The van der Waals surface area contributed by atoms with Crippen LogP contribution < -0.4 is 21.3 Å². The van der Waals surface area contributed by atoms with Crippen molar-refractivity contribution in [3.8, 4) is 0 Å². The monoisotopic (exact) mass is 1150 g/mol. The van der Waals surface area contributed by atoms with Gasteiger partial charge in [0.25, 0.3) is 0 Å². The summed E-state index contributed by atoms with van der Waals surface area (Å²) in [5, 5.41) is 11.9. The summed E-state index contributed by atoms with van der Waals surface area (Å²) in [6.45, 7) is 0.811. The summed E-state index contributed by atoms with van der Waals surface area (Å²) in [7, 11) is 0. The number of rotatable bonds is 30. The number of hydrogen-bond donors (Lipinski definition) is 4. The Kier molecular flexibility index (Phi) is 24.0. The second-order valence-corrected chi connectivity index (χ2v) is 22.0. The summed E-state index contributed by atoms with van der Waals surface area (Å²) in [5.74, 6) is -3.49. The van der Waals surface area contributed by atoms with E-state index in [0.29, 0.717) is 64.5 Å². The third-order valence-corrected chi connectivity index (χ3v) is 15.5. The van der Waals surface area contributed by atoms with Gasteiger partial charge in [0.15, 0.2) is 0 Å². The van der Waals surface area contributed by atoms with Crippen molar-refractivity contribution >= 4 is 47.4 Å². The predicted molar refractivity (Wildman–Crippen MR) is 323 cm³/mol. The number of ether oxygens (including phenoxy) is 2. The molecule has 6 amide bonds. The van der Waals surface area contributed by atoms with Crippen LogP contribution in [0.2, 0.25) is 0 Å². The molecule has 0 aliphatic carbocycles. The summed E-state index contributed by atoms with van der Waals surface area (Å²) in [4.78, 5) is 115. The fourth-order valence-corrected chi connectivity index (χ4v) is 11.0. The van der Waals surface area contributed by atoms with Crippen molar-refractivity contribution in [2.45, 2.75) is 146 Å². The highest BCUT2D eigenvalue weighted by molar-refractivity contribution is 5.95. The van der Waals surface area contributed by atoms with Gasteiger partial charge in [0.1, 0.15) is 49.5 Å². The van der Waals surface area contributed by atoms with Crippen LogP contribution in [0.1, 0.15) is 104 Å². The fourth-order valence-electron chi connectivity index (χ4n) is 11.0. The quantitative estimate of drug-likeness (QED) is 0.0252. The Balaban J connectivity index is 0.831. The summed E-state index contributed by atoms with van der Waals surface area (Å²) < 4.78 is 11.3. The smallest absolute Gasteiger partial charge is 0.329 e. The standard InChI is InChI=1S/C69H78N6O10/c76-62(70-56(44-50-26-10-4-11-27-50)64(78)72-58(46-52-30-14-6-15-31-52)66(80)74-42-24-38-60(74)68(82)84-48-54-34-18-8-19-35-54)40-22-2-1-3-23-41-63(77)71-57(45-51-28-12-5-13-29-51)65(79)73-59(47-53-32-16-7-17-33-53)67(81)75-43-25-39-61(75)69(83)85-49-55-36-20-9-21-37-55/h4-21,26-37,56-61H,1-3,22-25,38-49H2,(H,70,76)(H,71,77)(H,72,78)(H,73,79)/t56-,57-,58-,59-,60+,61+/m0/s1. The minimum absolute atomic E-state index is 0.0756. The van der Waals surface area contributed by atoms with E-state index < -0.39 is 71.8 Å². The van der Waals surface area contributed by atoms with Gasteiger partial charge in [0, 0.05) is 51.6 Å². The van der Waals surface area contributed by atoms with E-state index in [-0.39, 0.29) is 63.6 Å². The largest absolute Gasteiger partial charge is 0.459 e. The highest BCUT2D eigenvalue weighted by Gasteiger charge is 2.41. The lowest BCUT2D eigenvalue weighted by Gasteiger charge is -2.29. The van der Waals surface area contributed by atoms with Gasteiger partial charge < -0.3 is 40.5 Å². The molecule has 2 fully saturated rings. The number of nitrogens with zero attached hydrogens (tertiary/aromatic N) is 2. The molecular formula is C69H78N6O10. The molecule has 0 bridgehead atoms. The molecular weight excluding hydrogens is 1070 g/mol. The molecule has 444 valence electrons. The van der Waals surface area contributed by atoms with Crippen LogP contribution in [0.5, 0.6) is 0 Å². The van der Waals surface area contributed by atoms with E-state index in [1.54, 1.807) is 0 Å². The third kappa shape index (κ3) is 19.6. The normalized spacial score (nSPS) is 16.0. The van der Waals surface area contributed by atoms with Gasteiger partial charge in [-0.05, 0) is 71.9 Å². The number of unbranched alkanes of at least 4 members (excludes halogenated alkanes) is 4. The molecule has 6 atom stereocenters. The Labute approximate surface area is 498 Å². The summed E-state index contributed by atoms with van der Waals surface area (Å²) in [6.07, 6.45) is 6.20. The van der Waals surface area contributed by atoms with Crippen LogP contribution in [0.15, 0.2) is 182 Å². The second-order valence-electron chi connectivity index (χ2n) is 22.0. The van der Waals surface area contributed by atoms with Gasteiger partial charge in [0.05, 0.1) is 0 Å². The third-order valence-electron chi connectivity index (χ3n) is 15.5. The second kappa shape index (κ2) is 32.8. The van der Waals surface area contributed by atoms with Crippen molar-refractivity contribution in [2.75, 3.05) is 13.1 Å². The first-order valence-electron chi connectivity index (χ1n) is 29.8. The lowest BCUT2D eigenvalue weighted by Crippen LogP contribution is -2.57. The Morgan fingerprint density at radius 2 is 0.647 bits per heavy atom. The molecule has 2 aliphatic heterocycles. The molecule has 0 radical (unpaired) electrons. The molecule has 2 aliphatic rings. The minimum atomic E-state index is -1.03. The Morgan fingerprint density at radius 3 is 0.965 bits per heavy atom. The average Bonchev–Trinajstić information content (AvgIpc) is 4.47. The number of hydrogen-bond acceptors (Lipinski definition) is 10. The maximum absolute atomic E-state index is 14.5. The molecule has 2 saturated heterocycles. The summed E-state index contributed by atoms with van der Waals surface area (Å²) in [5.41, 5.74) is 4.93. The minimum Gasteiger partial charge on any atom is -0.459 e. The zero-order valence-electron chi connectivity index (χ0n) is 48.2. The fraction of sp³-hybridized carbons (Fsp3) is 0.362. The molecule has 16 heteroatoms. The number of benzene rings is 6. The van der Waals surface area contributed by atoms with E-state index in [2.05, 4.69) is 21.3 Å². The molecule has 8 rings (SSSR count). The topological polar surface area (TPSA) is 210 Å². The molecule has 0 aromatic heterocycles. The van der Waals surface area contributed by atoms with Crippen LogP contribution in [0.3, 0.4) is 0 Å². The zero-order chi connectivity index (χ0) is 59.6. The Hall–Kier alpha value is -8.92. The van der Waals surface area contributed by atoms with E-state index in [1.165, 1.54) is 9.80 Å². The zero-order valence-corrected chi connectivity index (χ0v) is 48.2. The first-order chi connectivity index (χ1) is 41.5. The van der Waals surface area contributed by atoms with Crippen molar-refractivity contribution in [3.05, 3.63) is 215 Å². The molecule has 85 heavy (non-hydrogen) atoms. The highest BCUT2D eigenvalue weighted by atomic mass is 16.5. The van der Waals surface area contributed by atoms with E-state index in [1.807, 2.05) is 182 Å². The molecule has 6 aromatic rings. The number of carbonyl (C=O) groups excluding carboxylic acids is 8. The van der Waals surface area contributed by atoms with Gasteiger partial charge in [-0.25, -0.2) is 9.59 Å². The van der Waals surface area contributed by atoms with Gasteiger partial charge in [0.2, 0.25) is 35.4 Å². The molecule has 0 spiro atoms. The van der Waals surface area contributed by atoms with Gasteiger partial charge >= 0.3 is 11.9 Å². The summed E-state index contributed by atoms with van der Waals surface area (Å²) in [6, 6.07) is 50.3. The lowest BCUT2D eigenvalue weighted by molar-refractivity contribution is -0.155. The molecule has 0 unspecified atom stereocenters. The lowest BCUT2D eigenvalue weighted by atomic mass is 10.0. The van der Waals surface area contributed by atoms with Crippen LogP contribution in [0.25, 0.3) is 0 Å². The Bertz CT molecular complexity index is 2890. The SMILES string of the molecule is O=C(CCCCCCCC(=O)N[C@@H](Cc1ccccc1)C(=O)N[C@@H](Cc1ccccc1)C(=O)N1CCC[C@@H]1C(=O)OCc1ccccc1)N[C@@H](Cc1ccccc1)C(=O)N[C@@H](Cc1ccccc1)C(=O)N1CCC[C@@H]1C(=O)OCc1ccccc1. The van der Waals surface area contributed by atoms with Gasteiger partial charge in [-0.15, -0.1) is 0 Å². The first-order valence-corrected chi connectivity index (χ1v) is 29.8. The van der Waals surface area contributed by atoms with E-state index in [9.17, 15) is 38.4 Å². The van der Waals surface area contributed by atoms with Gasteiger partial charge in [-0.1, -0.05) is 201 Å². The molecule has 6 aromatic carbocycles. The van der Waals surface area contributed by atoms with E-state index in [0.717, 1.165) is 39.8 Å². The van der Waals surface area contributed by atoms with Crippen molar-refractivity contribution < 1.29 is 47.8 Å². The number of nitrogens with one attached hydrogen (secondary N) is 4. The van der Waals surface area contributed by atoms with Crippen molar-refractivity contribution in [3.63, 3.8) is 0 Å². The van der Waals surface area contributed by atoms with Crippen molar-refractivity contribution in [2.24, 2.45) is 0 Å². The highest BCUT2D eigenvalue weighted by Crippen LogP contribution is 2.24. The van der Waals surface area contributed by atoms with Crippen LogP contribution in [0, 0.1) is 0 Å². The van der Waals surface area contributed by atoms with E-state index >= 15 is 0 Å². The average molecular weight is 1150 g/mol. The molecule has 16 nitrogen and oxygen atoms in total. The maximum atomic E-state index is 14.5. The maximum Gasteiger partial charge on any atom is 0.329 e. The van der Waals surface area contributed by atoms with Crippen LogP contribution >= 0.6 is 0 Å². The van der Waals surface area contributed by atoms with Crippen molar-refractivity contribution in [1.82, 2.24) is 31.1 Å². The summed E-state index contributed by atoms with van der Waals surface area (Å²) >= 11 is 0. The van der Waals surface area contributed by atoms with Crippen LogP contribution in [-0.2, 0) is 86.7 Å². The van der Waals surface area contributed by atoms with Gasteiger partial charge in [-0.3, -0.25) is 28.8 Å². The van der Waals surface area contributed by atoms with E-state index in [4.69, 9.17) is 9.47 Å². The van der Waals surface area contributed by atoms with Crippen LogP contribution in [-0.4, -0.2) is 107 Å². The number of amides is 6. The Morgan fingerprint density at radius 1 is 0.365 bits per heavy atom. The molecule has 0 saturated carbocycles.